The van der Waals surface area contributed by atoms with E-state index in [1.165, 1.54) is 7.11 Å². The number of Topliss-reactive ketones (excluding diaryl/α,β-unsaturated/α-hetero) is 1. The minimum absolute atomic E-state index is 0.0463. The highest BCUT2D eigenvalue weighted by Crippen LogP contribution is 2.67. The predicted octanol–water partition coefficient (Wildman–Crippen LogP) is 2.08. The van der Waals surface area contributed by atoms with Gasteiger partial charge in [0.05, 0.1) is 24.7 Å². The number of ketones is 1. The number of benzene rings is 1. The number of methoxy groups -OCH3 is 1. The van der Waals surface area contributed by atoms with E-state index in [1.54, 1.807) is 0 Å². The number of hydrogen-bond acceptors (Lipinski definition) is 4. The van der Waals surface area contributed by atoms with E-state index in [0.29, 0.717) is 5.56 Å². The molecule has 0 spiro atoms. The molecule has 2 aliphatic carbocycles. The van der Waals surface area contributed by atoms with Crippen LogP contribution in [0.5, 0.6) is 0 Å². The van der Waals surface area contributed by atoms with Crippen LogP contribution in [0.2, 0.25) is 0 Å². The molecule has 3 aliphatic rings. The van der Waals surface area contributed by atoms with Crippen molar-refractivity contribution in [3.8, 4) is 0 Å². The van der Waals surface area contributed by atoms with Crippen molar-refractivity contribution in [2.24, 2.45) is 23.2 Å². The Kier molecular flexibility index (Phi) is 2.58. The predicted molar refractivity (Wildman–Crippen MR) is 74.6 cm³/mol. The van der Waals surface area contributed by atoms with Gasteiger partial charge in [0, 0.05) is 17.4 Å². The fourth-order valence-electron chi connectivity index (χ4n) is 4.70. The highest BCUT2D eigenvalue weighted by atomic mass is 16.6. The second-order valence-electron chi connectivity index (χ2n) is 6.55. The first-order valence-electron chi connectivity index (χ1n) is 7.42. The van der Waals surface area contributed by atoms with Crippen LogP contribution >= 0.6 is 0 Å². The van der Waals surface area contributed by atoms with Gasteiger partial charge in [-0.1, -0.05) is 30.3 Å². The van der Waals surface area contributed by atoms with E-state index in [-0.39, 0.29) is 41.7 Å². The fourth-order valence-corrected chi connectivity index (χ4v) is 4.70. The number of carbonyl (C=O) groups excluding carboxylic acids is 2. The van der Waals surface area contributed by atoms with Gasteiger partial charge in [-0.3, -0.25) is 9.59 Å². The molecule has 2 saturated carbocycles. The van der Waals surface area contributed by atoms with Gasteiger partial charge < -0.3 is 9.47 Å². The van der Waals surface area contributed by atoms with Gasteiger partial charge in [-0.2, -0.15) is 0 Å². The average molecular weight is 286 g/mol. The van der Waals surface area contributed by atoms with Crippen LogP contribution in [0.3, 0.4) is 0 Å². The molecule has 1 aromatic carbocycles. The molecule has 0 radical (unpaired) electrons. The molecule has 1 aromatic rings. The number of hydrogen-bond donors (Lipinski definition) is 0. The zero-order valence-corrected chi connectivity index (χ0v) is 12.1. The minimum Gasteiger partial charge on any atom is -0.469 e. The lowest BCUT2D eigenvalue weighted by Gasteiger charge is -2.35. The Balaban J connectivity index is 1.75. The molecule has 0 amide bonds. The van der Waals surface area contributed by atoms with E-state index >= 15 is 0 Å². The second-order valence-corrected chi connectivity index (χ2v) is 6.55. The summed E-state index contributed by atoms with van der Waals surface area (Å²) in [6.45, 7) is 1.88. The van der Waals surface area contributed by atoms with Gasteiger partial charge in [0.25, 0.3) is 0 Å². The summed E-state index contributed by atoms with van der Waals surface area (Å²) in [4.78, 5) is 25.4. The minimum atomic E-state index is -0.760. The van der Waals surface area contributed by atoms with Gasteiger partial charge >= 0.3 is 5.97 Å². The van der Waals surface area contributed by atoms with Crippen molar-refractivity contribution in [2.45, 2.75) is 25.6 Å². The van der Waals surface area contributed by atoms with Crippen LogP contribution in [0, 0.1) is 23.2 Å². The summed E-state index contributed by atoms with van der Waals surface area (Å²) in [5, 5.41) is 0. The van der Waals surface area contributed by atoms with E-state index in [9.17, 15) is 9.59 Å². The molecular weight excluding hydrogens is 268 g/mol. The zero-order chi connectivity index (χ0) is 14.8. The van der Waals surface area contributed by atoms with Crippen molar-refractivity contribution < 1.29 is 19.1 Å². The van der Waals surface area contributed by atoms with Crippen molar-refractivity contribution in [1.82, 2.24) is 0 Å². The molecule has 1 heterocycles. The highest BCUT2D eigenvalue weighted by molar-refractivity contribution is 6.02. The maximum atomic E-state index is 13.0. The van der Waals surface area contributed by atoms with Crippen LogP contribution in [0.25, 0.3) is 0 Å². The van der Waals surface area contributed by atoms with Gasteiger partial charge in [0.15, 0.2) is 5.78 Å². The molecule has 3 fully saturated rings. The quantitative estimate of drug-likeness (QED) is 0.485. The van der Waals surface area contributed by atoms with Gasteiger partial charge in [-0.25, -0.2) is 0 Å². The number of carbonyl (C=O) groups is 2. The monoisotopic (exact) mass is 286 g/mol. The molecule has 1 saturated heterocycles. The van der Waals surface area contributed by atoms with Crippen LogP contribution < -0.4 is 0 Å². The fraction of sp³-hybridized carbons (Fsp3) is 0.529. The number of epoxide rings is 1. The van der Waals surface area contributed by atoms with E-state index in [0.717, 1.165) is 6.42 Å². The Morgan fingerprint density at radius 3 is 2.62 bits per heavy atom. The molecular formula is C17H18O4. The summed E-state index contributed by atoms with van der Waals surface area (Å²) in [5.74, 6) is -0.307. The molecule has 0 N–H and O–H groups in total. The molecule has 2 bridgehead atoms. The number of rotatable bonds is 3. The van der Waals surface area contributed by atoms with E-state index in [4.69, 9.17) is 9.47 Å². The van der Waals surface area contributed by atoms with Crippen molar-refractivity contribution in [2.75, 3.05) is 7.11 Å². The first kappa shape index (κ1) is 13.0. The lowest BCUT2D eigenvalue weighted by Crippen LogP contribution is -2.47. The molecule has 4 heteroatoms. The standard InChI is InChI=1S/C17H18O4/c1-17(16(19)20-2)11-8-10(14-15(11)21-14)12(17)13(18)9-6-4-3-5-7-9/h3-7,10-12,14-15H,8H2,1-2H3/t10-,11-,12-,14+,15+,17-/m0/s1. The molecule has 4 rings (SSSR count). The SMILES string of the molecule is COC(=O)[C@]1(C)[C@H](C(=O)c2ccccc2)[C@@H]2C[C@H]1[C@H]1O[C@H]21. The van der Waals surface area contributed by atoms with E-state index < -0.39 is 5.41 Å². The van der Waals surface area contributed by atoms with Crippen molar-refractivity contribution in [3.05, 3.63) is 35.9 Å². The Hall–Kier alpha value is -1.68. The van der Waals surface area contributed by atoms with E-state index in [1.807, 2.05) is 37.3 Å². The topological polar surface area (TPSA) is 55.9 Å². The van der Waals surface area contributed by atoms with Gasteiger partial charge in [0.2, 0.25) is 0 Å². The van der Waals surface area contributed by atoms with Crippen LogP contribution in [0.1, 0.15) is 23.7 Å². The smallest absolute Gasteiger partial charge is 0.312 e. The van der Waals surface area contributed by atoms with Crippen molar-refractivity contribution >= 4 is 11.8 Å². The summed E-state index contributed by atoms with van der Waals surface area (Å²) in [7, 11) is 1.40. The summed E-state index contributed by atoms with van der Waals surface area (Å²) in [6, 6.07) is 9.23. The van der Waals surface area contributed by atoms with Crippen LogP contribution in [-0.2, 0) is 14.3 Å². The Labute approximate surface area is 123 Å². The summed E-state index contributed by atoms with van der Waals surface area (Å²) >= 11 is 0. The lowest BCUT2D eigenvalue weighted by molar-refractivity contribution is -0.157. The summed E-state index contributed by atoms with van der Waals surface area (Å²) in [6.07, 6.45) is 1.22. The van der Waals surface area contributed by atoms with Crippen molar-refractivity contribution in [1.29, 1.82) is 0 Å². The molecule has 1 aliphatic heterocycles. The molecule has 6 atom stereocenters. The summed E-state index contributed by atoms with van der Waals surface area (Å²) in [5.41, 5.74) is -0.0910. The van der Waals surface area contributed by atoms with Gasteiger partial charge in [0.1, 0.15) is 0 Å². The largest absolute Gasteiger partial charge is 0.469 e. The number of esters is 1. The second kappa shape index (κ2) is 4.17. The Morgan fingerprint density at radius 2 is 1.95 bits per heavy atom. The third-order valence-electron chi connectivity index (χ3n) is 5.72. The zero-order valence-electron chi connectivity index (χ0n) is 12.1. The third-order valence-corrected chi connectivity index (χ3v) is 5.72. The number of ether oxygens (including phenoxy) is 2. The Morgan fingerprint density at radius 1 is 1.24 bits per heavy atom. The van der Waals surface area contributed by atoms with Gasteiger partial charge in [-0.15, -0.1) is 0 Å². The normalized spacial score (nSPS) is 42.5. The van der Waals surface area contributed by atoms with Crippen LogP contribution in [-0.4, -0.2) is 31.1 Å². The van der Waals surface area contributed by atoms with E-state index in [2.05, 4.69) is 0 Å². The first-order chi connectivity index (χ1) is 10.1. The van der Waals surface area contributed by atoms with Crippen LogP contribution in [0.15, 0.2) is 30.3 Å². The Bertz CT molecular complexity index is 610. The average Bonchev–Trinajstić information content (AvgIpc) is 3.16. The first-order valence-corrected chi connectivity index (χ1v) is 7.42. The van der Waals surface area contributed by atoms with Crippen LogP contribution in [0.4, 0.5) is 0 Å². The highest BCUT2D eigenvalue weighted by Gasteiger charge is 2.75. The maximum absolute atomic E-state index is 13.0. The van der Waals surface area contributed by atoms with Gasteiger partial charge in [-0.05, 0) is 19.3 Å². The molecule has 0 unspecified atom stereocenters. The van der Waals surface area contributed by atoms with Crippen molar-refractivity contribution in [3.63, 3.8) is 0 Å². The molecule has 4 nitrogen and oxygen atoms in total. The maximum Gasteiger partial charge on any atom is 0.312 e. The third kappa shape index (κ3) is 1.54. The molecule has 21 heavy (non-hydrogen) atoms. The molecule has 0 aromatic heterocycles. The molecule has 110 valence electrons. The summed E-state index contributed by atoms with van der Waals surface area (Å²) < 4.78 is 10.7. The lowest BCUT2D eigenvalue weighted by atomic mass is 9.65. The number of fused-ring (bicyclic) bond motifs is 5.